The number of hydrogen-bond donors (Lipinski definition) is 5. The first-order valence-corrected chi connectivity index (χ1v) is 8.85. The van der Waals surface area contributed by atoms with E-state index >= 15 is 0 Å². The highest BCUT2D eigenvalue weighted by molar-refractivity contribution is 5.77. The van der Waals surface area contributed by atoms with Gasteiger partial charge in [0.05, 0.1) is 0 Å². The monoisotopic (exact) mass is 360 g/mol. The molecule has 0 bridgehead atoms. The Hall–Kier alpha value is -3.34. The second-order valence-corrected chi connectivity index (χ2v) is 7.86. The molecule has 1 spiro atoms. The van der Waals surface area contributed by atoms with Crippen LogP contribution in [0, 0.1) is 0 Å². The molecule has 0 saturated heterocycles. The molecule has 27 heavy (non-hydrogen) atoms. The third-order valence-electron chi connectivity index (χ3n) is 6.66. The first-order valence-electron chi connectivity index (χ1n) is 8.85. The number of benzene rings is 3. The van der Waals surface area contributed by atoms with Crippen LogP contribution in [0.2, 0.25) is 0 Å². The molecular weight excluding hydrogens is 344 g/mol. The summed E-state index contributed by atoms with van der Waals surface area (Å²) in [6.07, 6.45) is 0.669. The Bertz CT molecular complexity index is 1180. The Morgan fingerprint density at radius 3 is 2.07 bits per heavy atom. The molecule has 5 nitrogen and oxygen atoms in total. The third kappa shape index (κ3) is 1.49. The van der Waals surface area contributed by atoms with Crippen molar-refractivity contribution in [3.05, 3.63) is 75.8 Å². The number of fused-ring (bicyclic) bond motifs is 7. The molecule has 3 aliphatic rings. The predicted molar refractivity (Wildman–Crippen MR) is 96.7 cm³/mol. The van der Waals surface area contributed by atoms with Crippen molar-refractivity contribution in [1.29, 1.82) is 0 Å². The van der Waals surface area contributed by atoms with Crippen LogP contribution in [0.3, 0.4) is 0 Å². The summed E-state index contributed by atoms with van der Waals surface area (Å²) in [4.78, 5) is 0. The van der Waals surface area contributed by atoms with Crippen molar-refractivity contribution < 1.29 is 25.5 Å². The summed E-state index contributed by atoms with van der Waals surface area (Å²) >= 11 is 0. The zero-order valence-electron chi connectivity index (χ0n) is 14.1. The lowest BCUT2D eigenvalue weighted by Crippen LogP contribution is -2.43. The summed E-state index contributed by atoms with van der Waals surface area (Å²) in [5, 5.41) is 51.4. The molecule has 0 aliphatic heterocycles. The maximum atomic E-state index is 10.7. The number of phenols is 5. The van der Waals surface area contributed by atoms with E-state index in [1.807, 2.05) is 6.07 Å². The Morgan fingerprint density at radius 2 is 1.30 bits per heavy atom. The molecule has 6 rings (SSSR count). The van der Waals surface area contributed by atoms with Gasteiger partial charge in [0.1, 0.15) is 28.7 Å². The third-order valence-corrected chi connectivity index (χ3v) is 6.66. The zero-order valence-corrected chi connectivity index (χ0v) is 14.1. The average Bonchev–Trinajstić information content (AvgIpc) is 3.03. The van der Waals surface area contributed by atoms with Crippen molar-refractivity contribution in [2.24, 2.45) is 0 Å². The molecule has 3 unspecified atom stereocenters. The van der Waals surface area contributed by atoms with Crippen molar-refractivity contribution in [3.63, 3.8) is 0 Å². The van der Waals surface area contributed by atoms with E-state index in [9.17, 15) is 25.5 Å². The Balaban J connectivity index is 1.74. The first-order chi connectivity index (χ1) is 12.9. The molecule has 0 saturated carbocycles. The molecule has 0 radical (unpaired) electrons. The van der Waals surface area contributed by atoms with Gasteiger partial charge >= 0.3 is 0 Å². The van der Waals surface area contributed by atoms with E-state index in [-0.39, 0.29) is 40.6 Å². The van der Waals surface area contributed by atoms with Crippen molar-refractivity contribution in [2.45, 2.75) is 23.7 Å². The van der Waals surface area contributed by atoms with Gasteiger partial charge in [0.2, 0.25) is 0 Å². The minimum Gasteiger partial charge on any atom is -0.508 e. The van der Waals surface area contributed by atoms with Crippen LogP contribution in [0.4, 0.5) is 0 Å². The van der Waals surface area contributed by atoms with Gasteiger partial charge in [-0.3, -0.25) is 0 Å². The molecule has 0 aromatic heterocycles. The van der Waals surface area contributed by atoms with Crippen LogP contribution in [0.5, 0.6) is 28.7 Å². The van der Waals surface area contributed by atoms with Gasteiger partial charge in [0.25, 0.3) is 0 Å². The highest BCUT2D eigenvalue weighted by atomic mass is 16.3. The largest absolute Gasteiger partial charge is 0.508 e. The highest BCUT2D eigenvalue weighted by Gasteiger charge is 2.67. The van der Waals surface area contributed by atoms with Crippen LogP contribution < -0.4 is 0 Å². The van der Waals surface area contributed by atoms with Gasteiger partial charge in [-0.1, -0.05) is 6.07 Å². The van der Waals surface area contributed by atoms with Crippen LogP contribution in [0.1, 0.15) is 45.2 Å². The molecule has 3 aromatic carbocycles. The molecule has 0 amide bonds. The fourth-order valence-corrected chi connectivity index (χ4v) is 5.92. The van der Waals surface area contributed by atoms with Gasteiger partial charge in [-0.2, -0.15) is 0 Å². The second kappa shape index (κ2) is 4.31. The first kappa shape index (κ1) is 14.8. The fourth-order valence-electron chi connectivity index (χ4n) is 5.92. The molecule has 0 fully saturated rings. The predicted octanol–water partition coefficient (Wildman–Crippen LogP) is 3.30. The number of aromatic hydroxyl groups is 5. The molecule has 5 heteroatoms. The maximum Gasteiger partial charge on any atom is 0.123 e. The summed E-state index contributed by atoms with van der Waals surface area (Å²) in [6, 6.07) is 11.3. The molecule has 3 aliphatic carbocycles. The molecule has 3 aromatic rings. The molecule has 0 heterocycles. The van der Waals surface area contributed by atoms with Gasteiger partial charge in [0.15, 0.2) is 0 Å². The van der Waals surface area contributed by atoms with Crippen LogP contribution in [0.15, 0.2) is 42.5 Å². The normalized spacial score (nSPS) is 25.8. The van der Waals surface area contributed by atoms with Gasteiger partial charge in [-0.25, -0.2) is 0 Å². The minimum absolute atomic E-state index is 0.000321. The van der Waals surface area contributed by atoms with Crippen molar-refractivity contribution >= 4 is 0 Å². The van der Waals surface area contributed by atoms with E-state index in [0.29, 0.717) is 6.42 Å². The Labute approximate surface area is 154 Å². The summed E-state index contributed by atoms with van der Waals surface area (Å²) in [5.41, 5.74) is 4.68. The fraction of sp³-hybridized carbons (Fsp3) is 0.182. The smallest absolute Gasteiger partial charge is 0.123 e. The standard InChI is InChI=1S/C22H16O5/c23-10-2-1-9-8-22-15-5-12(25)7-17(27)19(15)21(22)14-4-11(24)6-16(26)18(14)20(22)13(9)3-10/h1-7,20-21,23-27H,8H2. The minimum atomic E-state index is -0.449. The SMILES string of the molecule is Oc1ccc2c(c1)C1c3c(O)cc(O)cc3C3c4c(O)cc(O)cc4C13C2. The van der Waals surface area contributed by atoms with Crippen LogP contribution >= 0.6 is 0 Å². The van der Waals surface area contributed by atoms with E-state index in [1.165, 1.54) is 12.1 Å². The number of rotatable bonds is 0. The molecule has 5 N–H and O–H groups in total. The maximum absolute atomic E-state index is 10.7. The summed E-state index contributed by atoms with van der Waals surface area (Å²) in [5.74, 6) is -0.241. The number of hydrogen-bond acceptors (Lipinski definition) is 5. The van der Waals surface area contributed by atoms with Gasteiger partial charge in [0, 0.05) is 40.5 Å². The lowest BCUT2D eigenvalue weighted by Gasteiger charge is -2.48. The number of phenolic OH excluding ortho intramolecular Hbond substituents is 5. The second-order valence-electron chi connectivity index (χ2n) is 7.86. The quantitative estimate of drug-likeness (QED) is 0.423. The van der Waals surface area contributed by atoms with Crippen molar-refractivity contribution in [2.75, 3.05) is 0 Å². The van der Waals surface area contributed by atoms with Crippen molar-refractivity contribution in [1.82, 2.24) is 0 Å². The van der Waals surface area contributed by atoms with Gasteiger partial charge < -0.3 is 25.5 Å². The molecule has 134 valence electrons. The van der Waals surface area contributed by atoms with Gasteiger partial charge in [-0.15, -0.1) is 0 Å². The van der Waals surface area contributed by atoms with Crippen LogP contribution in [-0.2, 0) is 11.8 Å². The average molecular weight is 360 g/mol. The zero-order chi connectivity index (χ0) is 18.7. The molecule has 3 atom stereocenters. The Kier molecular flexibility index (Phi) is 2.36. The van der Waals surface area contributed by atoms with E-state index in [0.717, 1.165) is 33.4 Å². The molecular formula is C22H16O5. The van der Waals surface area contributed by atoms with Crippen LogP contribution in [-0.4, -0.2) is 25.5 Å². The van der Waals surface area contributed by atoms with E-state index in [2.05, 4.69) is 0 Å². The summed E-state index contributed by atoms with van der Waals surface area (Å²) in [7, 11) is 0. The van der Waals surface area contributed by atoms with Crippen molar-refractivity contribution in [3.8, 4) is 28.7 Å². The lowest BCUT2D eigenvalue weighted by molar-refractivity contribution is 0.314. The Morgan fingerprint density at radius 1 is 0.667 bits per heavy atom. The summed E-state index contributed by atoms with van der Waals surface area (Å²) in [6.45, 7) is 0. The van der Waals surface area contributed by atoms with Crippen LogP contribution in [0.25, 0.3) is 0 Å². The van der Waals surface area contributed by atoms with E-state index in [4.69, 9.17) is 0 Å². The summed E-state index contributed by atoms with van der Waals surface area (Å²) < 4.78 is 0. The lowest BCUT2D eigenvalue weighted by atomic mass is 9.53. The van der Waals surface area contributed by atoms with Gasteiger partial charge in [-0.05, 0) is 52.9 Å². The van der Waals surface area contributed by atoms with E-state index < -0.39 is 5.41 Å². The van der Waals surface area contributed by atoms with E-state index in [1.54, 1.807) is 24.3 Å². The highest BCUT2D eigenvalue weighted by Crippen LogP contribution is 2.75. The topological polar surface area (TPSA) is 101 Å².